The molecule has 4 heterocycles. The Morgan fingerprint density at radius 1 is 0.471 bits per heavy atom. The normalized spacial score (nSPS) is 13.6. The van der Waals surface area contributed by atoms with E-state index < -0.39 is 0 Å². The van der Waals surface area contributed by atoms with Gasteiger partial charge in [0, 0.05) is 73.4 Å². The van der Waals surface area contributed by atoms with Gasteiger partial charge >= 0.3 is 0 Å². The zero-order valence-corrected chi connectivity index (χ0v) is 28.2. The zero-order valence-electron chi connectivity index (χ0n) is 32.5. The highest BCUT2D eigenvalue weighted by Crippen LogP contribution is 2.45. The molecule has 4 nitrogen and oxygen atoms in total. The quantitative estimate of drug-likeness (QED) is 0.184. The van der Waals surface area contributed by atoms with Crippen molar-refractivity contribution in [3.05, 3.63) is 152 Å². The molecule has 0 aliphatic carbocycles. The van der Waals surface area contributed by atoms with Gasteiger partial charge in [0.05, 0.1) is 8.22 Å². The molecular formula is C45H25N3OS2. The molecule has 0 aliphatic rings. The van der Waals surface area contributed by atoms with Crippen LogP contribution >= 0.6 is 22.7 Å². The van der Waals surface area contributed by atoms with Crippen molar-refractivity contribution < 1.29 is 12.6 Å². The van der Waals surface area contributed by atoms with Crippen LogP contribution in [0.1, 0.15) is 8.22 Å². The molecule has 0 N–H and O–H groups in total. The number of hydrogen-bond acceptors (Lipinski definition) is 6. The molecule has 0 spiro atoms. The third-order valence-corrected chi connectivity index (χ3v) is 11.5. The highest BCUT2D eigenvalue weighted by molar-refractivity contribution is 7.26. The van der Waals surface area contributed by atoms with Gasteiger partial charge in [0.25, 0.3) is 0 Å². The maximum atomic E-state index is 9.68. The second-order valence-electron chi connectivity index (χ2n) is 12.3. The van der Waals surface area contributed by atoms with Gasteiger partial charge in [0.1, 0.15) is 11.2 Å². The van der Waals surface area contributed by atoms with E-state index in [2.05, 4.69) is 24.3 Å². The lowest BCUT2D eigenvalue weighted by Crippen LogP contribution is -2.00. The molecule has 0 unspecified atom stereocenters. The van der Waals surface area contributed by atoms with E-state index in [9.17, 15) is 5.48 Å². The van der Waals surface area contributed by atoms with Gasteiger partial charge in [-0.05, 0) is 48.0 Å². The summed E-state index contributed by atoms with van der Waals surface area (Å²) < 4.78 is 65.0. The molecule has 0 bridgehead atoms. The van der Waals surface area contributed by atoms with E-state index in [0.717, 1.165) is 37.4 Å². The van der Waals surface area contributed by atoms with Gasteiger partial charge in [0.2, 0.25) is 0 Å². The Labute approximate surface area is 308 Å². The average Bonchev–Trinajstić information content (AvgIpc) is 3.94. The number of benzene rings is 7. The Kier molecular flexibility index (Phi) is 5.08. The average molecular weight is 694 g/mol. The molecule has 0 atom stereocenters. The summed E-state index contributed by atoms with van der Waals surface area (Å²) in [6.45, 7) is 0. The summed E-state index contributed by atoms with van der Waals surface area (Å²) in [6.07, 6.45) is 0. The van der Waals surface area contributed by atoms with Crippen LogP contribution in [-0.2, 0) is 0 Å². The zero-order chi connectivity index (χ0) is 38.7. The van der Waals surface area contributed by atoms with Crippen molar-refractivity contribution in [3.63, 3.8) is 0 Å². The van der Waals surface area contributed by atoms with Crippen molar-refractivity contribution in [1.82, 2.24) is 15.0 Å². The van der Waals surface area contributed by atoms with E-state index >= 15 is 0 Å². The largest absolute Gasteiger partial charge is 0.456 e. The van der Waals surface area contributed by atoms with Gasteiger partial charge in [-0.15, -0.1) is 22.7 Å². The first kappa shape index (κ1) is 23.2. The van der Waals surface area contributed by atoms with Crippen molar-refractivity contribution in [2.75, 3.05) is 0 Å². The van der Waals surface area contributed by atoms with Gasteiger partial charge in [-0.25, -0.2) is 15.0 Å². The van der Waals surface area contributed by atoms with Crippen molar-refractivity contribution in [2.24, 2.45) is 0 Å². The lowest BCUT2D eigenvalue weighted by atomic mass is 9.98. The predicted molar refractivity (Wildman–Crippen MR) is 215 cm³/mol. The molecule has 0 aliphatic heterocycles. The van der Waals surface area contributed by atoms with Crippen LogP contribution in [0.2, 0.25) is 0 Å². The molecule has 0 radical (unpaired) electrons. The van der Waals surface area contributed by atoms with E-state index in [4.69, 9.17) is 22.1 Å². The van der Waals surface area contributed by atoms with Crippen molar-refractivity contribution in [3.8, 4) is 45.3 Å². The van der Waals surface area contributed by atoms with E-state index in [-0.39, 0.29) is 58.4 Å². The minimum Gasteiger partial charge on any atom is -0.456 e. The monoisotopic (exact) mass is 693 g/mol. The number of nitrogens with zero attached hydrogens (tertiary/aromatic N) is 3. The van der Waals surface area contributed by atoms with Gasteiger partial charge in [0.15, 0.2) is 17.5 Å². The van der Waals surface area contributed by atoms with Gasteiger partial charge in [-0.1, -0.05) is 109 Å². The summed E-state index contributed by atoms with van der Waals surface area (Å²) in [6, 6.07) is 35.8. The summed E-state index contributed by atoms with van der Waals surface area (Å²) >= 11 is 2.90. The molecule has 7 aromatic carbocycles. The number of rotatable bonds is 4. The lowest BCUT2D eigenvalue weighted by Gasteiger charge is -2.09. The van der Waals surface area contributed by atoms with Crippen LogP contribution in [0, 0.1) is 0 Å². The molecular weight excluding hydrogens is 663 g/mol. The number of furan rings is 1. The fraction of sp³-hybridized carbons (Fsp3) is 0. The van der Waals surface area contributed by atoms with Crippen LogP contribution in [-0.4, -0.2) is 15.0 Å². The summed E-state index contributed by atoms with van der Waals surface area (Å²) in [7, 11) is 0. The third kappa shape index (κ3) is 4.54. The summed E-state index contributed by atoms with van der Waals surface area (Å²) in [5.41, 5.74) is 3.91. The smallest absolute Gasteiger partial charge is 0.164 e. The number of para-hydroxylation sites is 1. The fourth-order valence-corrected chi connectivity index (χ4v) is 9.12. The first-order valence-electron chi connectivity index (χ1n) is 19.4. The molecule has 238 valence electrons. The third-order valence-electron chi connectivity index (χ3n) is 9.26. The molecule has 51 heavy (non-hydrogen) atoms. The maximum Gasteiger partial charge on any atom is 0.164 e. The molecule has 6 heteroatoms. The molecule has 11 rings (SSSR count). The van der Waals surface area contributed by atoms with E-state index in [1.165, 1.54) is 16.0 Å². The first-order chi connectivity index (χ1) is 27.8. The molecule has 0 saturated carbocycles. The van der Waals surface area contributed by atoms with Gasteiger partial charge < -0.3 is 4.42 Å². The second kappa shape index (κ2) is 11.2. The summed E-state index contributed by atoms with van der Waals surface area (Å²) in [5.74, 6) is 0.813. The van der Waals surface area contributed by atoms with Gasteiger partial charge in [-0.2, -0.15) is 0 Å². The SMILES string of the molecule is [2H]c1c([2H])c([2H])c2c(sc3c([2H])c(-c4nc(-c5ccccc5)nc(-c5ccc6sc7ccccc7c6c5)n4)c([2H])c([2H])c32)c1-c1cccc2oc3ccccc3c12. The molecule has 11 aromatic rings. The van der Waals surface area contributed by atoms with Crippen molar-refractivity contribution in [1.29, 1.82) is 0 Å². The number of aromatic nitrogens is 3. The minimum atomic E-state index is -0.298. The fourth-order valence-electron chi connectivity index (χ4n) is 6.90. The molecule has 4 aromatic heterocycles. The van der Waals surface area contributed by atoms with Crippen LogP contribution in [0.3, 0.4) is 0 Å². The maximum absolute atomic E-state index is 9.68. The topological polar surface area (TPSA) is 51.8 Å². The summed E-state index contributed by atoms with van der Waals surface area (Å²) in [4.78, 5) is 14.7. The van der Waals surface area contributed by atoms with Crippen LogP contribution in [0.15, 0.2) is 156 Å². The highest BCUT2D eigenvalue weighted by Gasteiger charge is 2.18. The highest BCUT2D eigenvalue weighted by atomic mass is 32.1. The number of thiophene rings is 2. The summed E-state index contributed by atoms with van der Waals surface area (Å²) in [5, 5.41) is 4.32. The Morgan fingerprint density at radius 3 is 2.12 bits per heavy atom. The Balaban J connectivity index is 1.19. The van der Waals surface area contributed by atoms with E-state index in [1.807, 2.05) is 91.0 Å². The van der Waals surface area contributed by atoms with E-state index in [0.29, 0.717) is 43.3 Å². The number of fused-ring (bicyclic) bond motifs is 9. The number of hydrogen-bond donors (Lipinski definition) is 0. The Bertz CT molecular complexity index is 3510. The second-order valence-corrected chi connectivity index (χ2v) is 14.4. The predicted octanol–water partition coefficient (Wildman–Crippen LogP) is 13.2. The molecule has 0 fully saturated rings. The Morgan fingerprint density at radius 2 is 1.22 bits per heavy atom. The minimum absolute atomic E-state index is 0.0650. The van der Waals surface area contributed by atoms with Gasteiger partial charge in [-0.3, -0.25) is 0 Å². The van der Waals surface area contributed by atoms with Crippen molar-refractivity contribution >= 4 is 85.0 Å². The van der Waals surface area contributed by atoms with Crippen LogP contribution in [0.5, 0.6) is 0 Å². The molecule has 0 saturated heterocycles. The van der Waals surface area contributed by atoms with Crippen LogP contribution in [0.4, 0.5) is 0 Å². The van der Waals surface area contributed by atoms with Crippen molar-refractivity contribution in [2.45, 2.75) is 0 Å². The Hall–Kier alpha value is -6.21. The van der Waals surface area contributed by atoms with Crippen LogP contribution < -0.4 is 0 Å². The molecule has 0 amide bonds. The van der Waals surface area contributed by atoms with E-state index in [1.54, 1.807) is 11.3 Å². The first-order valence-corrected chi connectivity index (χ1v) is 18.0. The van der Waals surface area contributed by atoms with Crippen LogP contribution in [0.25, 0.3) is 108 Å². The lowest BCUT2D eigenvalue weighted by molar-refractivity contribution is 0.669. The standard InChI is InChI=1S/C45H25N3OS2/c1-2-10-26(11-3-1)43-46-44(27-21-23-39-35(24-27)29-12-5-7-19-38(29)50-39)48-45(47-43)28-20-22-30-32-15-8-16-33(42(32)51-40(30)25-28)31-14-9-18-37-41(31)34-13-4-6-17-36(34)49-37/h1-25H/i8D,15D,16D,20D,22D,25D.